The molecule has 3 N–H and O–H groups in total. The summed E-state index contributed by atoms with van der Waals surface area (Å²) >= 11 is 0. The number of carboxylic acids is 1. The van der Waals surface area contributed by atoms with Crippen LogP contribution in [0.4, 0.5) is 0 Å². The minimum Gasteiger partial charge on any atom is -0.480 e. The van der Waals surface area contributed by atoms with E-state index in [0.717, 1.165) is 0 Å². The normalized spacial score (nSPS) is 16.4. The van der Waals surface area contributed by atoms with Crippen LogP contribution in [0.5, 0.6) is 0 Å². The number of rotatable bonds is 6. The van der Waals surface area contributed by atoms with Gasteiger partial charge in [-0.05, 0) is 40.2 Å². The van der Waals surface area contributed by atoms with E-state index in [1.165, 1.54) is 0 Å². The first kappa shape index (κ1) is 13.4. The first-order chi connectivity index (χ1) is 6.21. The van der Waals surface area contributed by atoms with Crippen LogP contribution in [0.3, 0.4) is 0 Å². The van der Waals surface area contributed by atoms with Crippen molar-refractivity contribution in [1.29, 1.82) is 0 Å². The lowest BCUT2D eigenvalue weighted by Gasteiger charge is -2.26. The Kier molecular flexibility index (Phi) is 4.55. The summed E-state index contributed by atoms with van der Waals surface area (Å²) in [6, 6.07) is 0. The molecule has 0 aliphatic heterocycles. The van der Waals surface area contributed by atoms with Gasteiger partial charge in [0.1, 0.15) is 5.54 Å². The van der Waals surface area contributed by atoms with E-state index in [4.69, 9.17) is 5.11 Å². The highest BCUT2D eigenvalue weighted by Crippen LogP contribution is 2.11. The predicted octanol–water partition coefficient (Wildman–Crippen LogP) is 0.990. The lowest BCUT2D eigenvalue weighted by molar-refractivity contribution is -0.144. The molecule has 0 heterocycles. The number of hydrogen-bond donors (Lipinski definition) is 3. The lowest BCUT2D eigenvalue weighted by atomic mass is 9.98. The molecular formula is C10H21NO3. The quantitative estimate of drug-likeness (QED) is 0.602. The molecule has 0 radical (unpaired) electrons. The zero-order valence-electron chi connectivity index (χ0n) is 9.42. The van der Waals surface area contributed by atoms with Crippen LogP contribution in [-0.2, 0) is 4.79 Å². The maximum absolute atomic E-state index is 10.9. The van der Waals surface area contributed by atoms with E-state index in [1.54, 1.807) is 20.8 Å². The summed E-state index contributed by atoms with van der Waals surface area (Å²) in [7, 11) is 0. The van der Waals surface area contributed by atoms with Gasteiger partial charge in [0.05, 0.1) is 5.60 Å². The van der Waals surface area contributed by atoms with Crippen molar-refractivity contribution in [3.05, 3.63) is 0 Å². The topological polar surface area (TPSA) is 69.6 Å². The minimum atomic E-state index is -0.884. The Morgan fingerprint density at radius 1 is 1.36 bits per heavy atom. The van der Waals surface area contributed by atoms with Crippen LogP contribution in [0, 0.1) is 0 Å². The fraction of sp³-hybridized carbons (Fsp3) is 0.900. The van der Waals surface area contributed by atoms with E-state index in [9.17, 15) is 9.90 Å². The molecule has 0 aliphatic carbocycles. The Bertz CT molecular complexity index is 198. The second-order valence-electron chi connectivity index (χ2n) is 4.48. The molecule has 0 aromatic rings. The molecule has 4 heteroatoms. The highest BCUT2D eigenvalue weighted by Gasteiger charge is 2.30. The molecule has 0 aromatic carbocycles. The van der Waals surface area contributed by atoms with E-state index < -0.39 is 17.1 Å². The SMILES string of the molecule is CCC(C)(NCCC(C)(C)O)C(=O)O. The van der Waals surface area contributed by atoms with Crippen LogP contribution in [-0.4, -0.2) is 33.9 Å². The molecule has 0 rings (SSSR count). The average Bonchev–Trinajstić information content (AvgIpc) is 2.01. The first-order valence-corrected chi connectivity index (χ1v) is 4.92. The molecule has 1 unspecified atom stereocenters. The molecule has 0 saturated carbocycles. The minimum absolute atomic E-state index is 0.500. The summed E-state index contributed by atoms with van der Waals surface area (Å²) in [6.07, 6.45) is 1.06. The summed E-state index contributed by atoms with van der Waals surface area (Å²) in [5, 5.41) is 21.3. The van der Waals surface area contributed by atoms with Crippen LogP contribution in [0.2, 0.25) is 0 Å². The first-order valence-electron chi connectivity index (χ1n) is 4.92. The molecular weight excluding hydrogens is 182 g/mol. The van der Waals surface area contributed by atoms with Gasteiger partial charge in [-0.1, -0.05) is 6.92 Å². The van der Waals surface area contributed by atoms with Gasteiger partial charge >= 0.3 is 5.97 Å². The summed E-state index contributed by atoms with van der Waals surface area (Å²) < 4.78 is 0. The molecule has 0 saturated heterocycles. The van der Waals surface area contributed by atoms with E-state index in [1.807, 2.05) is 6.92 Å². The van der Waals surface area contributed by atoms with Crippen molar-refractivity contribution >= 4 is 5.97 Å². The molecule has 0 aromatic heterocycles. The third-order valence-electron chi connectivity index (χ3n) is 2.43. The Labute approximate surface area is 85.3 Å². The van der Waals surface area contributed by atoms with Crippen molar-refractivity contribution in [2.75, 3.05) is 6.54 Å². The zero-order chi connectivity index (χ0) is 11.4. The Morgan fingerprint density at radius 3 is 2.14 bits per heavy atom. The van der Waals surface area contributed by atoms with Crippen LogP contribution in [0.15, 0.2) is 0 Å². The number of nitrogens with one attached hydrogen (secondary N) is 1. The van der Waals surface area contributed by atoms with E-state index in [0.29, 0.717) is 19.4 Å². The predicted molar refractivity (Wildman–Crippen MR) is 55.2 cm³/mol. The third-order valence-corrected chi connectivity index (χ3v) is 2.43. The largest absolute Gasteiger partial charge is 0.480 e. The maximum atomic E-state index is 10.9. The van der Waals surface area contributed by atoms with Gasteiger partial charge in [0.15, 0.2) is 0 Å². The molecule has 0 aliphatic rings. The molecule has 1 atom stereocenters. The molecule has 0 fully saturated rings. The molecule has 4 nitrogen and oxygen atoms in total. The van der Waals surface area contributed by atoms with Gasteiger partial charge in [-0.3, -0.25) is 4.79 Å². The van der Waals surface area contributed by atoms with Crippen LogP contribution in [0.1, 0.15) is 40.5 Å². The van der Waals surface area contributed by atoms with Gasteiger partial charge in [0.25, 0.3) is 0 Å². The summed E-state index contributed by atoms with van der Waals surface area (Å²) in [4.78, 5) is 10.9. The molecule has 14 heavy (non-hydrogen) atoms. The van der Waals surface area contributed by atoms with Gasteiger partial charge in [-0.2, -0.15) is 0 Å². The summed E-state index contributed by atoms with van der Waals surface area (Å²) in [5.74, 6) is -0.851. The van der Waals surface area contributed by atoms with Gasteiger partial charge in [-0.25, -0.2) is 0 Å². The highest BCUT2D eigenvalue weighted by molar-refractivity contribution is 5.78. The van der Waals surface area contributed by atoms with Gasteiger partial charge < -0.3 is 15.5 Å². The average molecular weight is 203 g/mol. The highest BCUT2D eigenvalue weighted by atomic mass is 16.4. The third kappa shape index (κ3) is 4.58. The second kappa shape index (κ2) is 4.75. The Morgan fingerprint density at radius 2 is 1.86 bits per heavy atom. The Hall–Kier alpha value is -0.610. The van der Waals surface area contributed by atoms with Crippen molar-refractivity contribution < 1.29 is 15.0 Å². The fourth-order valence-electron chi connectivity index (χ4n) is 0.996. The number of aliphatic carboxylic acids is 1. The van der Waals surface area contributed by atoms with Crippen molar-refractivity contribution in [3.63, 3.8) is 0 Å². The van der Waals surface area contributed by atoms with Crippen molar-refractivity contribution in [2.45, 2.75) is 51.7 Å². The van der Waals surface area contributed by atoms with Crippen molar-refractivity contribution in [2.24, 2.45) is 0 Å². The van der Waals surface area contributed by atoms with Gasteiger partial charge in [0.2, 0.25) is 0 Å². The Balaban J connectivity index is 4.04. The van der Waals surface area contributed by atoms with E-state index in [-0.39, 0.29) is 0 Å². The molecule has 0 spiro atoms. The molecule has 0 bridgehead atoms. The fourth-order valence-corrected chi connectivity index (χ4v) is 0.996. The van der Waals surface area contributed by atoms with Gasteiger partial charge in [-0.15, -0.1) is 0 Å². The standard InChI is InChI=1S/C10H21NO3/c1-5-10(4,8(12)13)11-7-6-9(2,3)14/h11,14H,5-7H2,1-4H3,(H,12,13). The maximum Gasteiger partial charge on any atom is 0.323 e. The summed E-state index contributed by atoms with van der Waals surface area (Å²) in [6.45, 7) is 7.39. The summed E-state index contributed by atoms with van der Waals surface area (Å²) in [5.41, 5.74) is -1.63. The second-order valence-corrected chi connectivity index (χ2v) is 4.48. The molecule has 84 valence electrons. The van der Waals surface area contributed by atoms with Crippen molar-refractivity contribution in [3.8, 4) is 0 Å². The van der Waals surface area contributed by atoms with Gasteiger partial charge in [0, 0.05) is 0 Å². The smallest absolute Gasteiger partial charge is 0.323 e. The number of carbonyl (C=O) groups is 1. The monoisotopic (exact) mass is 203 g/mol. The number of hydrogen-bond acceptors (Lipinski definition) is 3. The van der Waals surface area contributed by atoms with Crippen LogP contribution in [0.25, 0.3) is 0 Å². The number of carboxylic acid groups (broad SMARTS) is 1. The molecule has 0 amide bonds. The zero-order valence-corrected chi connectivity index (χ0v) is 9.42. The number of aliphatic hydroxyl groups is 1. The lowest BCUT2D eigenvalue weighted by Crippen LogP contribution is -2.50. The van der Waals surface area contributed by atoms with Crippen LogP contribution < -0.4 is 5.32 Å². The van der Waals surface area contributed by atoms with E-state index in [2.05, 4.69) is 5.32 Å². The van der Waals surface area contributed by atoms with E-state index >= 15 is 0 Å². The van der Waals surface area contributed by atoms with Crippen molar-refractivity contribution in [1.82, 2.24) is 5.32 Å². The van der Waals surface area contributed by atoms with Crippen LogP contribution >= 0.6 is 0 Å².